The predicted molar refractivity (Wildman–Crippen MR) is 102 cm³/mol. The van der Waals surface area contributed by atoms with Crippen molar-refractivity contribution >= 4 is 25.6 Å². The van der Waals surface area contributed by atoms with Crippen LogP contribution in [0.2, 0.25) is 18.1 Å². The van der Waals surface area contributed by atoms with Gasteiger partial charge in [0, 0.05) is 4.88 Å². The lowest BCUT2D eigenvalue weighted by atomic mass is 10.1. The number of aliphatic hydroxyl groups is 1. The van der Waals surface area contributed by atoms with E-state index in [1.165, 1.54) is 11.3 Å². The molecule has 0 radical (unpaired) electrons. The minimum absolute atomic E-state index is 0.144. The third-order valence-corrected chi connectivity index (χ3v) is 10.4. The van der Waals surface area contributed by atoms with E-state index in [2.05, 4.69) is 33.9 Å². The van der Waals surface area contributed by atoms with E-state index in [1.54, 1.807) is 6.92 Å². The van der Waals surface area contributed by atoms with Gasteiger partial charge in [-0.15, -0.1) is 11.3 Å². The maximum Gasteiger partial charge on any atom is 0.348 e. The van der Waals surface area contributed by atoms with Crippen molar-refractivity contribution < 1.29 is 19.1 Å². The number of esters is 1. The van der Waals surface area contributed by atoms with E-state index in [0.29, 0.717) is 24.5 Å². The first kappa shape index (κ1) is 21.3. The van der Waals surface area contributed by atoms with Gasteiger partial charge in [0.1, 0.15) is 4.88 Å². The topological polar surface area (TPSA) is 55.8 Å². The van der Waals surface area contributed by atoms with Crippen molar-refractivity contribution in [2.45, 2.75) is 71.7 Å². The van der Waals surface area contributed by atoms with Crippen LogP contribution in [0.25, 0.3) is 0 Å². The Bertz CT molecular complexity index is 546. The minimum atomic E-state index is -1.83. The highest BCUT2D eigenvalue weighted by Crippen LogP contribution is 2.36. The summed E-state index contributed by atoms with van der Waals surface area (Å²) in [5.74, 6) is -0.265. The zero-order valence-corrected chi connectivity index (χ0v) is 17.9. The van der Waals surface area contributed by atoms with E-state index in [-0.39, 0.29) is 11.0 Å². The number of carbonyl (C=O) groups excluding carboxylic acids is 1. The van der Waals surface area contributed by atoms with Crippen LogP contribution in [0.4, 0.5) is 0 Å². The molecule has 1 atom stereocenters. The Morgan fingerprint density at radius 3 is 2.54 bits per heavy atom. The fourth-order valence-corrected chi connectivity index (χ4v) is 4.10. The van der Waals surface area contributed by atoms with Crippen LogP contribution in [0.1, 0.15) is 54.2 Å². The minimum Gasteiger partial charge on any atom is -0.462 e. The number of hydrogen-bond acceptors (Lipinski definition) is 5. The monoisotopic (exact) mass is 372 g/mol. The van der Waals surface area contributed by atoms with E-state index in [4.69, 9.17) is 9.16 Å². The van der Waals surface area contributed by atoms with Crippen LogP contribution in [0.15, 0.2) is 6.07 Å². The summed E-state index contributed by atoms with van der Waals surface area (Å²) in [5.41, 5.74) is 1.08. The summed E-state index contributed by atoms with van der Waals surface area (Å²) in [6, 6.07) is 1.87. The van der Waals surface area contributed by atoms with Crippen LogP contribution in [-0.4, -0.2) is 38.7 Å². The second-order valence-electron chi connectivity index (χ2n) is 7.70. The highest BCUT2D eigenvalue weighted by atomic mass is 32.1. The first-order valence-electron chi connectivity index (χ1n) is 8.56. The first-order valence-corrected chi connectivity index (χ1v) is 12.3. The Kier molecular flexibility index (Phi) is 7.65. The van der Waals surface area contributed by atoms with Crippen LogP contribution < -0.4 is 0 Å². The normalized spacial score (nSPS) is 13.8. The fraction of sp³-hybridized carbons (Fsp3) is 0.722. The molecule has 138 valence electrons. The molecule has 1 unspecified atom stereocenters. The Morgan fingerprint density at radius 2 is 2.00 bits per heavy atom. The van der Waals surface area contributed by atoms with Gasteiger partial charge < -0.3 is 14.3 Å². The summed E-state index contributed by atoms with van der Waals surface area (Å²) in [6.45, 7) is 15.5. The summed E-state index contributed by atoms with van der Waals surface area (Å²) < 4.78 is 11.1. The van der Waals surface area contributed by atoms with Crippen LogP contribution in [0, 0.1) is 6.92 Å². The number of ether oxygens (including phenoxy) is 1. The lowest BCUT2D eigenvalue weighted by Gasteiger charge is -2.36. The molecule has 0 saturated heterocycles. The Labute approximate surface area is 151 Å². The average Bonchev–Trinajstić information content (AvgIpc) is 2.83. The molecule has 0 bridgehead atoms. The molecule has 0 spiro atoms. The number of hydrogen-bond donors (Lipinski definition) is 1. The zero-order chi connectivity index (χ0) is 18.5. The standard InChI is InChI=1S/C18H32O4SSi/c1-8-21-17(20)16-11-13(2)15(23-16)10-9-14(19)12-22-24(6,7)18(3,4)5/h11,14,19H,8-10,12H2,1-7H3. The fourth-order valence-electron chi connectivity index (χ4n) is 1.97. The average molecular weight is 373 g/mol. The molecule has 1 rings (SSSR count). The van der Waals surface area contributed by atoms with E-state index < -0.39 is 14.4 Å². The van der Waals surface area contributed by atoms with Gasteiger partial charge in [-0.2, -0.15) is 0 Å². The molecule has 1 heterocycles. The molecule has 1 aromatic rings. The molecular formula is C18H32O4SSi. The predicted octanol–water partition coefficient (Wildman–Crippen LogP) is 4.55. The maximum absolute atomic E-state index is 11.8. The van der Waals surface area contributed by atoms with Gasteiger partial charge >= 0.3 is 5.97 Å². The van der Waals surface area contributed by atoms with Gasteiger partial charge in [0.25, 0.3) is 0 Å². The van der Waals surface area contributed by atoms with Crippen molar-refractivity contribution in [2.75, 3.05) is 13.2 Å². The second kappa shape index (κ2) is 8.60. The summed E-state index contributed by atoms with van der Waals surface area (Å²) in [4.78, 5) is 13.5. The van der Waals surface area contributed by atoms with Gasteiger partial charge in [0.15, 0.2) is 8.32 Å². The van der Waals surface area contributed by atoms with Gasteiger partial charge in [-0.05, 0) is 56.5 Å². The van der Waals surface area contributed by atoms with E-state index in [0.717, 1.165) is 16.9 Å². The highest BCUT2D eigenvalue weighted by molar-refractivity contribution is 7.14. The van der Waals surface area contributed by atoms with E-state index in [1.807, 2.05) is 13.0 Å². The van der Waals surface area contributed by atoms with Crippen LogP contribution >= 0.6 is 11.3 Å². The van der Waals surface area contributed by atoms with Crippen molar-refractivity contribution in [3.63, 3.8) is 0 Å². The van der Waals surface area contributed by atoms with Gasteiger partial charge in [0.2, 0.25) is 0 Å². The summed E-state index contributed by atoms with van der Waals surface area (Å²) >= 11 is 1.46. The Hall–Kier alpha value is -0.693. The number of aryl methyl sites for hydroxylation is 2. The third-order valence-electron chi connectivity index (χ3n) is 4.64. The van der Waals surface area contributed by atoms with Crippen molar-refractivity contribution in [1.29, 1.82) is 0 Å². The SMILES string of the molecule is CCOC(=O)c1cc(C)c(CCC(O)CO[Si](C)(C)C(C)(C)C)s1. The largest absolute Gasteiger partial charge is 0.462 e. The lowest BCUT2D eigenvalue weighted by molar-refractivity contribution is 0.0532. The number of thiophene rings is 1. The maximum atomic E-state index is 11.8. The smallest absolute Gasteiger partial charge is 0.348 e. The zero-order valence-electron chi connectivity index (χ0n) is 16.1. The second-order valence-corrected chi connectivity index (χ2v) is 13.6. The van der Waals surface area contributed by atoms with Crippen LogP contribution in [-0.2, 0) is 15.6 Å². The van der Waals surface area contributed by atoms with Crippen molar-refractivity contribution in [3.05, 3.63) is 21.4 Å². The molecule has 24 heavy (non-hydrogen) atoms. The summed E-state index contributed by atoms with van der Waals surface area (Å²) in [7, 11) is -1.83. The van der Waals surface area contributed by atoms with Crippen LogP contribution in [0.5, 0.6) is 0 Å². The molecule has 0 amide bonds. The number of carbonyl (C=O) groups is 1. The Balaban J connectivity index is 2.53. The van der Waals surface area contributed by atoms with Crippen molar-refractivity contribution in [2.24, 2.45) is 0 Å². The summed E-state index contributed by atoms with van der Waals surface area (Å²) in [6.07, 6.45) is 0.905. The quantitative estimate of drug-likeness (QED) is 0.537. The molecule has 0 aliphatic rings. The summed E-state index contributed by atoms with van der Waals surface area (Å²) in [5, 5.41) is 10.4. The first-order chi connectivity index (χ1) is 11.0. The molecule has 0 aliphatic carbocycles. The molecule has 6 heteroatoms. The Morgan fingerprint density at radius 1 is 1.38 bits per heavy atom. The molecule has 0 aliphatic heterocycles. The molecule has 0 saturated carbocycles. The third kappa shape index (κ3) is 5.99. The van der Waals surface area contributed by atoms with Gasteiger partial charge in [-0.1, -0.05) is 20.8 Å². The van der Waals surface area contributed by atoms with Gasteiger partial charge in [0.05, 0.1) is 19.3 Å². The van der Waals surface area contributed by atoms with E-state index in [9.17, 15) is 9.90 Å². The molecule has 1 N–H and O–H groups in total. The van der Waals surface area contributed by atoms with Crippen LogP contribution in [0.3, 0.4) is 0 Å². The molecule has 1 aromatic heterocycles. The van der Waals surface area contributed by atoms with Gasteiger partial charge in [-0.25, -0.2) is 4.79 Å². The molecule has 4 nitrogen and oxygen atoms in total. The molecule has 0 aromatic carbocycles. The highest BCUT2D eigenvalue weighted by Gasteiger charge is 2.37. The van der Waals surface area contributed by atoms with Crippen molar-refractivity contribution in [3.8, 4) is 0 Å². The number of rotatable bonds is 8. The molecular weight excluding hydrogens is 340 g/mol. The van der Waals surface area contributed by atoms with Gasteiger partial charge in [-0.3, -0.25) is 0 Å². The van der Waals surface area contributed by atoms with E-state index >= 15 is 0 Å². The molecule has 0 fully saturated rings. The lowest BCUT2D eigenvalue weighted by Crippen LogP contribution is -2.42. The van der Waals surface area contributed by atoms with Crippen molar-refractivity contribution in [1.82, 2.24) is 0 Å². The number of aliphatic hydroxyl groups excluding tert-OH is 1.